The molecule has 18 nitrogen and oxygen atoms in total. The number of benzene rings is 1. The number of aryl methyl sites for hydroxylation is 1. The van der Waals surface area contributed by atoms with Crippen LogP contribution in [-0.2, 0) is 40.3 Å². The van der Waals surface area contributed by atoms with Crippen molar-refractivity contribution >= 4 is 56.2 Å². The highest BCUT2D eigenvalue weighted by atomic mass is 32.3. The molecule has 6 rings (SSSR count). The maximum Gasteiger partial charge on any atom is 0.418 e. The molecule has 0 bridgehead atoms. The number of carbonyl (C=O) groups excluding carboxylic acids is 2. The fourth-order valence-corrected chi connectivity index (χ4v) is 7.71. The molecule has 1 saturated heterocycles. The van der Waals surface area contributed by atoms with Crippen molar-refractivity contribution in [1.82, 2.24) is 15.4 Å². The fourth-order valence-electron chi connectivity index (χ4n) is 6.71. The lowest BCUT2D eigenvalue weighted by Gasteiger charge is -2.50. The Morgan fingerprint density at radius 3 is 2.62 bits per heavy atom. The maximum absolute atomic E-state index is 13.5. The highest BCUT2D eigenvalue weighted by Crippen LogP contribution is 2.50. The number of carbonyl (C=O) groups is 3. The first kappa shape index (κ1) is 35.5. The van der Waals surface area contributed by atoms with Crippen LogP contribution in [0.3, 0.4) is 0 Å². The summed E-state index contributed by atoms with van der Waals surface area (Å²) in [5.74, 6) is -1.60. The van der Waals surface area contributed by atoms with E-state index in [9.17, 15) is 27.9 Å². The Hall–Kier alpha value is -4.37. The van der Waals surface area contributed by atoms with E-state index in [0.717, 1.165) is 41.7 Å². The molecule has 1 unspecified atom stereocenters. The van der Waals surface area contributed by atoms with Gasteiger partial charge in [-0.15, -0.1) is 15.6 Å². The third kappa shape index (κ3) is 6.72. The van der Waals surface area contributed by atoms with Gasteiger partial charge in [0.2, 0.25) is 0 Å². The molecule has 3 heterocycles. The minimum Gasteiger partial charge on any atom is -0.485 e. The van der Waals surface area contributed by atoms with E-state index in [-0.39, 0.29) is 29.3 Å². The van der Waals surface area contributed by atoms with Crippen molar-refractivity contribution in [1.29, 1.82) is 0 Å². The lowest BCUT2D eigenvalue weighted by atomic mass is 9.84. The first-order valence-electron chi connectivity index (χ1n) is 15.8. The van der Waals surface area contributed by atoms with Crippen molar-refractivity contribution in [3.05, 3.63) is 40.4 Å². The van der Waals surface area contributed by atoms with Crippen molar-refractivity contribution in [2.75, 3.05) is 5.73 Å². The molecule has 2 amide bonds. The Bertz CT molecular complexity index is 1900. The number of ether oxygens (including phenoxy) is 1. The van der Waals surface area contributed by atoms with Crippen molar-refractivity contribution in [2.45, 2.75) is 88.2 Å². The number of aliphatic carboxylic acids is 1. The van der Waals surface area contributed by atoms with E-state index in [4.69, 9.17) is 36.3 Å². The van der Waals surface area contributed by atoms with Gasteiger partial charge >= 0.3 is 16.4 Å². The largest absolute Gasteiger partial charge is 0.485 e. The predicted octanol–water partition coefficient (Wildman–Crippen LogP) is 0.354. The first-order valence-corrected chi connectivity index (χ1v) is 18.0. The Morgan fingerprint density at radius 2 is 1.98 bits per heavy atom. The summed E-state index contributed by atoms with van der Waals surface area (Å²) in [5, 5.41) is 18.4. The lowest BCUT2D eigenvalue weighted by molar-refractivity contribution is -0.218. The number of nitrogens with one attached hydrogen (secondary N) is 1. The number of nitrogens with zero attached hydrogens (tertiary/aromatic N) is 4. The van der Waals surface area contributed by atoms with Gasteiger partial charge in [0.25, 0.3) is 17.4 Å². The summed E-state index contributed by atoms with van der Waals surface area (Å²) < 4.78 is 41.8. The SMILES string of the molecule is CC(O/N=C(\C(=O)N[C@@H]1C(=O)N(OS(=O)(=O)O)C1(C)C)c1csc(N)n1)(C(=O)O)[C@H]1CCc2cc(C(N)=N[C@H]3CC[C@H](N)[C@H]4C[C@H]43)ccc2O1. The molecular weight excluding hydrogens is 697 g/mol. The summed E-state index contributed by atoms with van der Waals surface area (Å²) in [5.41, 5.74) is 15.8. The van der Waals surface area contributed by atoms with E-state index in [1.165, 1.54) is 26.2 Å². The molecule has 4 aliphatic rings. The molecule has 3 fully saturated rings. The molecule has 50 heavy (non-hydrogen) atoms. The normalized spacial score (nSPS) is 28.7. The average molecular weight is 735 g/mol. The molecule has 9 N–H and O–H groups in total. The topological polar surface area (TPSA) is 284 Å². The number of carboxylic acids is 1. The van der Waals surface area contributed by atoms with Crippen molar-refractivity contribution in [3.63, 3.8) is 0 Å². The molecule has 2 aromatic rings. The number of hydroxylamine groups is 2. The van der Waals surface area contributed by atoms with Gasteiger partial charge in [0, 0.05) is 17.0 Å². The van der Waals surface area contributed by atoms with Gasteiger partial charge in [-0.3, -0.25) is 19.1 Å². The summed E-state index contributed by atoms with van der Waals surface area (Å²) >= 11 is 0.968. The number of nitrogen functional groups attached to an aromatic ring is 1. The second-order valence-electron chi connectivity index (χ2n) is 13.6. The molecule has 2 aliphatic heterocycles. The van der Waals surface area contributed by atoms with Crippen LogP contribution in [0.2, 0.25) is 0 Å². The van der Waals surface area contributed by atoms with Gasteiger partial charge in [0.1, 0.15) is 23.3 Å². The smallest absolute Gasteiger partial charge is 0.418 e. The molecule has 0 radical (unpaired) electrons. The zero-order valence-corrected chi connectivity index (χ0v) is 28.9. The molecule has 0 spiro atoms. The van der Waals surface area contributed by atoms with Gasteiger partial charge in [0.15, 0.2) is 16.9 Å². The van der Waals surface area contributed by atoms with Gasteiger partial charge in [0.05, 0.1) is 11.6 Å². The van der Waals surface area contributed by atoms with E-state index in [2.05, 4.69) is 19.7 Å². The number of thiazole rings is 1. The number of rotatable bonds is 11. The van der Waals surface area contributed by atoms with Gasteiger partial charge in [-0.25, -0.2) is 9.78 Å². The number of aromatic nitrogens is 1. The summed E-state index contributed by atoms with van der Waals surface area (Å²) in [7, 11) is -5.03. The lowest BCUT2D eigenvalue weighted by Crippen LogP contribution is -2.76. The van der Waals surface area contributed by atoms with Crippen molar-refractivity contribution < 1.29 is 46.3 Å². The van der Waals surface area contributed by atoms with Crippen LogP contribution < -0.4 is 27.3 Å². The molecule has 2 aliphatic carbocycles. The summed E-state index contributed by atoms with van der Waals surface area (Å²) in [6.07, 6.45) is 2.45. The zero-order valence-electron chi connectivity index (χ0n) is 27.3. The van der Waals surface area contributed by atoms with Crippen LogP contribution in [0.4, 0.5) is 5.13 Å². The highest BCUT2D eigenvalue weighted by molar-refractivity contribution is 7.80. The summed E-state index contributed by atoms with van der Waals surface area (Å²) in [6, 6.07) is 4.38. The van der Waals surface area contributed by atoms with E-state index in [1.807, 2.05) is 6.07 Å². The van der Waals surface area contributed by atoms with Crippen LogP contribution in [0.5, 0.6) is 5.75 Å². The number of nitrogens with two attached hydrogens (primary N) is 3. The summed E-state index contributed by atoms with van der Waals surface area (Å²) in [4.78, 5) is 53.2. The number of carboxylic acid groups (broad SMARTS) is 1. The molecule has 1 aromatic carbocycles. The minimum atomic E-state index is -5.03. The predicted molar refractivity (Wildman–Crippen MR) is 178 cm³/mol. The Balaban J connectivity index is 1.19. The van der Waals surface area contributed by atoms with Crippen LogP contribution >= 0.6 is 11.3 Å². The first-order chi connectivity index (χ1) is 23.4. The zero-order chi connectivity index (χ0) is 36.3. The van der Waals surface area contributed by atoms with Gasteiger partial charge < -0.3 is 37.2 Å². The number of fused-ring (bicyclic) bond motifs is 2. The highest BCUT2D eigenvalue weighted by Gasteiger charge is 2.58. The second kappa shape index (κ2) is 12.7. The maximum atomic E-state index is 13.5. The Kier molecular flexibility index (Phi) is 9.04. The summed E-state index contributed by atoms with van der Waals surface area (Å²) in [6.45, 7) is 4.00. The molecule has 1 aromatic heterocycles. The quantitative estimate of drug-likeness (QED) is 0.0598. The van der Waals surface area contributed by atoms with Gasteiger partial charge in [-0.2, -0.15) is 13.5 Å². The fraction of sp³-hybridized carbons (Fsp3) is 0.533. The number of anilines is 1. The molecule has 20 heteroatoms. The van der Waals surface area contributed by atoms with E-state index in [1.54, 1.807) is 12.1 Å². The Morgan fingerprint density at radius 1 is 1.24 bits per heavy atom. The van der Waals surface area contributed by atoms with Crippen LogP contribution in [0.1, 0.15) is 63.3 Å². The molecule has 7 atom stereocenters. The van der Waals surface area contributed by atoms with Crippen molar-refractivity contribution in [3.8, 4) is 5.75 Å². The second-order valence-corrected chi connectivity index (χ2v) is 15.5. The Labute approximate surface area is 290 Å². The van der Waals surface area contributed by atoms with E-state index >= 15 is 0 Å². The van der Waals surface area contributed by atoms with Crippen LogP contribution in [-0.4, -0.2) is 92.8 Å². The number of oxime groups is 1. The van der Waals surface area contributed by atoms with Crippen LogP contribution in [0, 0.1) is 11.8 Å². The third-order valence-corrected chi connectivity index (χ3v) is 10.8. The number of hydrogen-bond donors (Lipinski definition) is 6. The average Bonchev–Trinajstić information content (AvgIpc) is 3.77. The minimum absolute atomic E-state index is 0.0613. The molecule has 270 valence electrons. The molecular formula is C30H38N8O10S2. The van der Waals surface area contributed by atoms with Gasteiger partial charge in [-0.05, 0) is 88.5 Å². The van der Waals surface area contributed by atoms with E-state index in [0.29, 0.717) is 34.9 Å². The number of amidine groups is 1. The number of hydrogen-bond acceptors (Lipinski definition) is 14. The molecule has 2 saturated carbocycles. The number of β-lactam (4-membered cyclic amide) rings is 1. The van der Waals surface area contributed by atoms with Crippen LogP contribution in [0.15, 0.2) is 33.7 Å². The number of amides is 2. The third-order valence-electron chi connectivity index (χ3n) is 9.80. The standard InChI is InChI=1S/C30H38N8O10S2/c1-29(2)23(26(40)38(29)48-50(43,44)45)36-25(39)22(19-12-49-28(33)35-19)37-47-30(3,27(41)42)21-9-5-13-10-14(4-8-20(13)46-21)24(32)34-18-7-6-17(31)15-11-16(15)18/h4,8,10,12,15-18,21,23H,5-7,9,11,31H2,1-3H3,(H2,32,34)(H2,33,35)(H,36,39)(H,41,42)(H,43,44,45)/b37-22-/t15-,16+,17-,18-,21+,23+,30?/m0/s1. The van der Waals surface area contributed by atoms with Crippen molar-refractivity contribution in [2.24, 2.45) is 33.5 Å². The monoisotopic (exact) mass is 734 g/mol. The van der Waals surface area contributed by atoms with Gasteiger partial charge in [-0.1, -0.05) is 5.16 Å². The van der Waals surface area contributed by atoms with E-state index < -0.39 is 57.2 Å². The number of aliphatic imine (C=N–C) groups is 1. The van der Waals surface area contributed by atoms with Crippen LogP contribution in [0.25, 0.3) is 0 Å².